The highest BCUT2D eigenvalue weighted by atomic mass is 16.7. The molecule has 12 nitrogen and oxygen atoms in total. The van der Waals surface area contributed by atoms with E-state index in [1.54, 1.807) is 32.9 Å². The first-order chi connectivity index (χ1) is 24.6. The van der Waals surface area contributed by atoms with Crippen molar-refractivity contribution in [2.75, 3.05) is 0 Å². The smallest absolute Gasteiger partial charge is 0.286 e. The van der Waals surface area contributed by atoms with Crippen LogP contribution in [0.15, 0.2) is 84.0 Å². The molecule has 8 N–H and O–H groups in total. The Bertz CT molecular complexity index is 2250. The predicted molar refractivity (Wildman–Crippen MR) is 185 cm³/mol. The Morgan fingerprint density at radius 1 is 0.827 bits per heavy atom. The molecule has 0 bridgehead atoms. The van der Waals surface area contributed by atoms with Crippen LogP contribution in [0.1, 0.15) is 82.9 Å². The standard InChI is InChI=1S/C40H36O12/c1-18(2)10-11-39-38(49)35-32(52-40(39,50)27-9-6-22(43)16-31(27)51-39)17-30(46)34(37(35)48)26-13-19(3)12-25(23-7-4-20(41)14-28(23)44)33(26)36(47)24-8-5-21(42)15-29(24)45/h4-10,13-17,25-26,33,41-46,48,50H,11-12H2,1-3H3/t25-,26+,33?,39?,40?/m0/s1. The number of carbonyl (C=O) groups is 2. The van der Waals surface area contributed by atoms with E-state index in [9.17, 15) is 50.4 Å². The van der Waals surface area contributed by atoms with Crippen LogP contribution in [0.5, 0.6) is 51.7 Å². The molecular weight excluding hydrogens is 672 g/mol. The summed E-state index contributed by atoms with van der Waals surface area (Å²) in [5.41, 5.74) is -1.30. The third-order valence-electron chi connectivity index (χ3n) is 10.2. The second kappa shape index (κ2) is 12.0. The summed E-state index contributed by atoms with van der Waals surface area (Å²) in [6.07, 6.45) is 3.28. The molecule has 4 aromatic rings. The van der Waals surface area contributed by atoms with Crippen molar-refractivity contribution in [2.24, 2.45) is 5.92 Å². The maximum atomic E-state index is 14.8. The Morgan fingerprint density at radius 2 is 1.48 bits per heavy atom. The van der Waals surface area contributed by atoms with Gasteiger partial charge in [0.25, 0.3) is 5.79 Å². The van der Waals surface area contributed by atoms with E-state index in [1.165, 1.54) is 42.5 Å². The molecule has 52 heavy (non-hydrogen) atoms. The molecule has 3 unspecified atom stereocenters. The van der Waals surface area contributed by atoms with Crippen molar-refractivity contribution in [2.45, 2.75) is 56.8 Å². The number of phenols is 7. The summed E-state index contributed by atoms with van der Waals surface area (Å²) in [7, 11) is 0. The summed E-state index contributed by atoms with van der Waals surface area (Å²) in [5, 5.41) is 87.9. The molecule has 268 valence electrons. The zero-order valence-electron chi connectivity index (χ0n) is 28.3. The number of ketones is 2. The molecule has 2 heterocycles. The summed E-state index contributed by atoms with van der Waals surface area (Å²) in [6, 6.07) is 12.3. The van der Waals surface area contributed by atoms with Gasteiger partial charge in [-0.05, 0) is 63.1 Å². The highest BCUT2D eigenvalue weighted by Gasteiger charge is 2.70. The van der Waals surface area contributed by atoms with Gasteiger partial charge in [0.15, 0.2) is 5.78 Å². The molecule has 0 saturated heterocycles. The second-order valence-corrected chi connectivity index (χ2v) is 13.9. The van der Waals surface area contributed by atoms with Gasteiger partial charge >= 0.3 is 0 Å². The Kier molecular flexibility index (Phi) is 7.91. The second-order valence-electron chi connectivity index (χ2n) is 13.9. The third-order valence-corrected chi connectivity index (χ3v) is 10.2. The molecule has 0 saturated carbocycles. The SMILES string of the molecule is CC(C)=CCC12Oc3cc(O)ccc3C1(O)Oc1cc(O)c([C@@H]3C=C(C)C[C@@H](c4ccc(O)cc4O)C3C(=O)c3ccc(O)cc3O)c(O)c1C2=O. The lowest BCUT2D eigenvalue weighted by Gasteiger charge is -2.43. The quantitative estimate of drug-likeness (QED) is 0.0824. The van der Waals surface area contributed by atoms with E-state index in [0.29, 0.717) is 5.57 Å². The molecule has 0 fully saturated rings. The van der Waals surface area contributed by atoms with Gasteiger partial charge in [-0.3, -0.25) is 9.59 Å². The number of benzene rings is 4. The number of ether oxygens (including phenoxy) is 2. The monoisotopic (exact) mass is 708 g/mol. The molecular formula is C40H36O12. The van der Waals surface area contributed by atoms with Crippen LogP contribution in [0.25, 0.3) is 0 Å². The first kappa shape index (κ1) is 34.3. The molecule has 1 aliphatic carbocycles. The Hall–Kier alpha value is -6.14. The fraction of sp³-hybridized carbons (Fsp3) is 0.250. The number of phenolic OH excluding ortho intramolecular Hbond substituents is 7. The summed E-state index contributed by atoms with van der Waals surface area (Å²) >= 11 is 0. The van der Waals surface area contributed by atoms with Gasteiger partial charge < -0.3 is 50.3 Å². The van der Waals surface area contributed by atoms with E-state index in [4.69, 9.17) is 9.47 Å². The topological polar surface area (TPSA) is 214 Å². The Balaban J connectivity index is 1.44. The molecule has 12 heteroatoms. The number of hydrogen-bond donors (Lipinski definition) is 8. The van der Waals surface area contributed by atoms with E-state index in [0.717, 1.165) is 23.8 Å². The summed E-state index contributed by atoms with van der Waals surface area (Å²) in [5.74, 6) is -10.6. The van der Waals surface area contributed by atoms with Crippen molar-refractivity contribution >= 4 is 11.6 Å². The van der Waals surface area contributed by atoms with E-state index in [-0.39, 0.29) is 69.6 Å². The van der Waals surface area contributed by atoms with Crippen LogP contribution < -0.4 is 9.47 Å². The molecule has 0 radical (unpaired) electrons. The molecule has 3 aliphatic rings. The van der Waals surface area contributed by atoms with Gasteiger partial charge in [0, 0.05) is 54.0 Å². The summed E-state index contributed by atoms with van der Waals surface area (Å²) in [4.78, 5) is 29.4. The van der Waals surface area contributed by atoms with Crippen LogP contribution in [0.4, 0.5) is 0 Å². The largest absolute Gasteiger partial charge is 0.508 e. The van der Waals surface area contributed by atoms with E-state index in [2.05, 4.69) is 0 Å². The van der Waals surface area contributed by atoms with Crippen LogP contribution in [0.2, 0.25) is 0 Å². The van der Waals surface area contributed by atoms with Gasteiger partial charge in [-0.1, -0.05) is 29.4 Å². The number of carbonyl (C=O) groups excluding carboxylic acids is 2. The zero-order chi connectivity index (χ0) is 37.4. The van der Waals surface area contributed by atoms with Crippen molar-refractivity contribution in [3.63, 3.8) is 0 Å². The molecule has 0 spiro atoms. The molecule has 5 atom stereocenters. The van der Waals surface area contributed by atoms with E-state index < -0.39 is 63.5 Å². The van der Waals surface area contributed by atoms with Crippen LogP contribution in [-0.2, 0) is 5.79 Å². The lowest BCUT2D eigenvalue weighted by molar-refractivity contribution is -0.221. The number of aliphatic hydroxyl groups is 1. The first-order valence-electron chi connectivity index (χ1n) is 16.5. The highest BCUT2D eigenvalue weighted by Crippen LogP contribution is 2.60. The lowest BCUT2D eigenvalue weighted by atomic mass is 9.65. The van der Waals surface area contributed by atoms with Crippen molar-refractivity contribution in [3.8, 4) is 51.7 Å². The third kappa shape index (κ3) is 5.09. The average Bonchev–Trinajstić information content (AvgIpc) is 3.30. The number of allylic oxidation sites excluding steroid dienone is 3. The van der Waals surface area contributed by atoms with Crippen molar-refractivity contribution < 1.29 is 59.9 Å². The Labute approximate surface area is 297 Å². The number of rotatable bonds is 6. The van der Waals surface area contributed by atoms with Crippen molar-refractivity contribution in [3.05, 3.63) is 112 Å². The zero-order valence-corrected chi connectivity index (χ0v) is 28.3. The van der Waals surface area contributed by atoms with Gasteiger partial charge in [-0.25, -0.2) is 0 Å². The maximum absolute atomic E-state index is 14.8. The van der Waals surface area contributed by atoms with Crippen LogP contribution in [0, 0.1) is 5.92 Å². The normalized spacial score (nSPS) is 24.4. The van der Waals surface area contributed by atoms with Crippen LogP contribution in [-0.4, -0.2) is 58.0 Å². The predicted octanol–water partition coefficient (Wildman–Crippen LogP) is 6.25. The average molecular weight is 709 g/mol. The van der Waals surface area contributed by atoms with Gasteiger partial charge in [0.1, 0.15) is 57.3 Å². The van der Waals surface area contributed by atoms with E-state index in [1.807, 2.05) is 0 Å². The highest BCUT2D eigenvalue weighted by molar-refractivity contribution is 6.10. The molecule has 0 aromatic heterocycles. The van der Waals surface area contributed by atoms with Gasteiger partial charge in [0.05, 0.1) is 11.1 Å². The van der Waals surface area contributed by atoms with Gasteiger partial charge in [-0.2, -0.15) is 0 Å². The molecule has 4 aromatic carbocycles. The fourth-order valence-electron chi connectivity index (χ4n) is 7.81. The minimum absolute atomic E-state index is 0.0310. The van der Waals surface area contributed by atoms with E-state index >= 15 is 0 Å². The summed E-state index contributed by atoms with van der Waals surface area (Å²) < 4.78 is 12.3. The lowest BCUT2D eigenvalue weighted by Crippen LogP contribution is -2.62. The first-order valence-corrected chi connectivity index (χ1v) is 16.5. The number of Topliss-reactive ketones (excluding diaryl/α,β-unsaturated/α-hetero) is 2. The van der Waals surface area contributed by atoms with Crippen molar-refractivity contribution in [1.29, 1.82) is 0 Å². The Morgan fingerprint density at radius 3 is 2.15 bits per heavy atom. The van der Waals surface area contributed by atoms with Gasteiger partial charge in [-0.15, -0.1) is 0 Å². The minimum Gasteiger partial charge on any atom is -0.508 e. The number of aromatic hydroxyl groups is 7. The fourth-order valence-corrected chi connectivity index (χ4v) is 7.81. The molecule has 2 aliphatic heterocycles. The summed E-state index contributed by atoms with van der Waals surface area (Å²) in [6.45, 7) is 5.31. The number of hydrogen-bond acceptors (Lipinski definition) is 12. The minimum atomic E-state index is -2.45. The maximum Gasteiger partial charge on any atom is 0.286 e. The van der Waals surface area contributed by atoms with Gasteiger partial charge in [0.2, 0.25) is 11.4 Å². The van der Waals surface area contributed by atoms with Crippen LogP contribution in [0.3, 0.4) is 0 Å². The molecule has 0 amide bonds. The van der Waals surface area contributed by atoms with Crippen LogP contribution >= 0.6 is 0 Å². The molecule has 7 rings (SSSR count). The van der Waals surface area contributed by atoms with Crippen molar-refractivity contribution in [1.82, 2.24) is 0 Å². The number of fused-ring (bicyclic) bond motifs is 4.